The summed E-state index contributed by atoms with van der Waals surface area (Å²) >= 11 is 0. The number of carbonyl (C=O) groups is 1. The van der Waals surface area contributed by atoms with E-state index in [4.69, 9.17) is 0 Å². The molecule has 7 nitrogen and oxygen atoms in total. The summed E-state index contributed by atoms with van der Waals surface area (Å²) in [6.07, 6.45) is 2.55. The van der Waals surface area contributed by atoms with Crippen LogP contribution >= 0.6 is 0 Å². The first-order chi connectivity index (χ1) is 13.6. The maximum atomic E-state index is 13.4. The molecule has 2 heterocycles. The summed E-state index contributed by atoms with van der Waals surface area (Å²) in [5.41, 5.74) is 4.98. The van der Waals surface area contributed by atoms with Crippen molar-refractivity contribution in [2.45, 2.75) is 39.5 Å². The minimum absolute atomic E-state index is 0.225. The molecular formula is C21H27N3O4S. The van der Waals surface area contributed by atoms with E-state index in [1.807, 2.05) is 34.6 Å². The molecule has 3 rings (SSSR count). The number of pyridine rings is 1. The maximum absolute atomic E-state index is 13.4. The van der Waals surface area contributed by atoms with Crippen LogP contribution in [-0.2, 0) is 10.0 Å². The highest BCUT2D eigenvalue weighted by Crippen LogP contribution is 2.32. The van der Waals surface area contributed by atoms with Gasteiger partial charge in [-0.05, 0) is 68.5 Å². The van der Waals surface area contributed by atoms with Gasteiger partial charge in [-0.3, -0.25) is 4.79 Å². The van der Waals surface area contributed by atoms with Crippen LogP contribution in [0.1, 0.15) is 38.2 Å². The second-order valence-corrected chi connectivity index (χ2v) is 9.48. The fourth-order valence-electron chi connectivity index (χ4n) is 3.88. The number of amides is 1. The Labute approximate surface area is 172 Å². The van der Waals surface area contributed by atoms with E-state index in [0.29, 0.717) is 15.2 Å². The second kappa shape index (κ2) is 7.76. The van der Waals surface area contributed by atoms with Gasteiger partial charge in [-0.2, -0.15) is 9.04 Å². The topological polar surface area (TPSA) is 84.6 Å². The molecule has 0 bridgehead atoms. The van der Waals surface area contributed by atoms with Gasteiger partial charge in [0.2, 0.25) is 10.0 Å². The third kappa shape index (κ3) is 3.74. The molecule has 1 aliphatic rings. The molecule has 0 atom stereocenters. The molecule has 0 spiro atoms. The summed E-state index contributed by atoms with van der Waals surface area (Å²) in [6.45, 7) is 10.7. The summed E-state index contributed by atoms with van der Waals surface area (Å²) in [7, 11) is -3.66. The van der Waals surface area contributed by atoms with E-state index in [1.54, 1.807) is 11.0 Å². The van der Waals surface area contributed by atoms with Gasteiger partial charge in [0, 0.05) is 32.2 Å². The summed E-state index contributed by atoms with van der Waals surface area (Å²) < 4.78 is 28.9. The van der Waals surface area contributed by atoms with Gasteiger partial charge in [0.15, 0.2) is 12.4 Å². The average Bonchev–Trinajstić information content (AvgIpc) is 2.70. The molecule has 2 aromatic rings. The number of benzene rings is 1. The average molecular weight is 418 g/mol. The minimum atomic E-state index is -3.66. The fourth-order valence-corrected chi connectivity index (χ4v) is 5.86. The zero-order valence-corrected chi connectivity index (χ0v) is 18.3. The van der Waals surface area contributed by atoms with Gasteiger partial charge in [0.25, 0.3) is 5.91 Å². The lowest BCUT2D eigenvalue weighted by Gasteiger charge is -2.34. The van der Waals surface area contributed by atoms with Crippen LogP contribution in [0.5, 0.6) is 0 Å². The predicted octanol–water partition coefficient (Wildman–Crippen LogP) is 2.01. The van der Waals surface area contributed by atoms with Crippen molar-refractivity contribution in [1.82, 2.24) is 9.21 Å². The van der Waals surface area contributed by atoms with Crippen molar-refractivity contribution in [3.05, 3.63) is 63.1 Å². The molecule has 1 aliphatic heterocycles. The molecule has 8 heteroatoms. The van der Waals surface area contributed by atoms with Crippen LogP contribution in [-0.4, -0.2) is 49.7 Å². The van der Waals surface area contributed by atoms with Crippen molar-refractivity contribution in [3.63, 3.8) is 0 Å². The SMILES string of the molecule is Cc1c(C)c(C)c(S(=O)(=O)N2CCN(C(=O)c3ccc[n+]([O-])c3)CC2)c(C)c1C. The van der Waals surface area contributed by atoms with Crippen molar-refractivity contribution in [2.75, 3.05) is 26.2 Å². The van der Waals surface area contributed by atoms with Crippen LogP contribution < -0.4 is 4.73 Å². The molecule has 1 aromatic heterocycles. The monoisotopic (exact) mass is 417 g/mol. The van der Waals surface area contributed by atoms with Crippen molar-refractivity contribution in [1.29, 1.82) is 0 Å². The first kappa shape index (κ1) is 21.3. The van der Waals surface area contributed by atoms with Crippen molar-refractivity contribution in [2.24, 2.45) is 0 Å². The molecule has 0 radical (unpaired) electrons. The van der Waals surface area contributed by atoms with Gasteiger partial charge < -0.3 is 10.1 Å². The van der Waals surface area contributed by atoms with E-state index < -0.39 is 10.0 Å². The van der Waals surface area contributed by atoms with Crippen LogP contribution in [0.2, 0.25) is 0 Å². The van der Waals surface area contributed by atoms with E-state index in [0.717, 1.165) is 27.8 Å². The highest BCUT2D eigenvalue weighted by molar-refractivity contribution is 7.89. The van der Waals surface area contributed by atoms with Crippen LogP contribution in [0, 0.1) is 39.8 Å². The molecule has 156 valence electrons. The lowest BCUT2D eigenvalue weighted by atomic mass is 9.95. The van der Waals surface area contributed by atoms with Gasteiger partial charge in [0.1, 0.15) is 5.56 Å². The van der Waals surface area contributed by atoms with E-state index in [9.17, 15) is 18.4 Å². The summed E-state index contributed by atoms with van der Waals surface area (Å²) in [5.74, 6) is -0.262. The zero-order chi connectivity index (χ0) is 21.5. The predicted molar refractivity (Wildman–Crippen MR) is 110 cm³/mol. The molecule has 0 aliphatic carbocycles. The molecular weight excluding hydrogens is 390 g/mol. The van der Waals surface area contributed by atoms with Crippen molar-refractivity contribution in [3.8, 4) is 0 Å². The first-order valence-electron chi connectivity index (χ1n) is 9.61. The van der Waals surface area contributed by atoms with E-state index in [1.165, 1.54) is 22.8 Å². The highest BCUT2D eigenvalue weighted by atomic mass is 32.2. The Hall–Kier alpha value is -2.45. The van der Waals surface area contributed by atoms with Gasteiger partial charge in [-0.15, -0.1) is 0 Å². The number of rotatable bonds is 3. The molecule has 1 fully saturated rings. The molecule has 29 heavy (non-hydrogen) atoms. The Bertz CT molecular complexity index is 1040. The Kier molecular flexibility index (Phi) is 5.69. The number of aromatic nitrogens is 1. The third-order valence-electron chi connectivity index (χ3n) is 6.08. The smallest absolute Gasteiger partial charge is 0.260 e. The van der Waals surface area contributed by atoms with E-state index >= 15 is 0 Å². The standard InChI is InChI=1S/C21H27N3O4S/c1-14-15(2)17(4)20(18(5)16(14)3)29(27,28)24-11-9-22(10-12-24)21(25)19-7-6-8-23(26)13-19/h6-8,13H,9-12H2,1-5H3. The normalized spacial score (nSPS) is 15.6. The maximum Gasteiger partial charge on any atom is 0.260 e. The van der Waals surface area contributed by atoms with Crippen LogP contribution in [0.25, 0.3) is 0 Å². The molecule has 1 aromatic carbocycles. The van der Waals surface area contributed by atoms with Gasteiger partial charge in [0.05, 0.1) is 4.90 Å². The second-order valence-electron chi connectivity index (χ2n) is 7.60. The quantitative estimate of drug-likeness (QED) is 0.565. The molecule has 1 amide bonds. The van der Waals surface area contributed by atoms with Gasteiger partial charge >= 0.3 is 0 Å². The summed E-state index contributed by atoms with van der Waals surface area (Å²) in [4.78, 5) is 14.6. The Morgan fingerprint density at radius 1 is 0.931 bits per heavy atom. The number of hydrogen-bond donors (Lipinski definition) is 0. The number of carbonyl (C=O) groups excluding carboxylic acids is 1. The number of nitrogens with zero attached hydrogens (tertiary/aromatic N) is 3. The van der Waals surface area contributed by atoms with Gasteiger partial charge in [-0.25, -0.2) is 8.42 Å². The third-order valence-corrected chi connectivity index (χ3v) is 8.25. The first-order valence-corrected chi connectivity index (χ1v) is 11.0. The van der Waals surface area contributed by atoms with E-state index in [2.05, 4.69) is 0 Å². The number of hydrogen-bond acceptors (Lipinski definition) is 4. The zero-order valence-electron chi connectivity index (χ0n) is 17.5. The lowest BCUT2D eigenvalue weighted by Crippen LogP contribution is -2.51. The lowest BCUT2D eigenvalue weighted by molar-refractivity contribution is -0.605. The molecule has 0 unspecified atom stereocenters. The largest absolute Gasteiger partial charge is 0.619 e. The van der Waals surface area contributed by atoms with Crippen LogP contribution in [0.15, 0.2) is 29.4 Å². The Balaban J connectivity index is 1.83. The molecule has 1 saturated heterocycles. The minimum Gasteiger partial charge on any atom is -0.619 e. The van der Waals surface area contributed by atoms with Crippen molar-refractivity contribution >= 4 is 15.9 Å². The molecule has 0 N–H and O–H groups in total. The number of sulfonamides is 1. The summed E-state index contributed by atoms with van der Waals surface area (Å²) in [5, 5.41) is 11.4. The summed E-state index contributed by atoms with van der Waals surface area (Å²) in [6, 6.07) is 3.11. The highest BCUT2D eigenvalue weighted by Gasteiger charge is 2.33. The van der Waals surface area contributed by atoms with Crippen LogP contribution in [0.4, 0.5) is 0 Å². The number of piperazine rings is 1. The molecule has 0 saturated carbocycles. The Morgan fingerprint density at radius 3 is 1.97 bits per heavy atom. The van der Waals surface area contributed by atoms with E-state index in [-0.39, 0.29) is 32.1 Å². The Morgan fingerprint density at radius 2 is 1.45 bits per heavy atom. The fraction of sp³-hybridized carbons (Fsp3) is 0.429. The van der Waals surface area contributed by atoms with Gasteiger partial charge in [-0.1, -0.05) is 0 Å². The van der Waals surface area contributed by atoms with Crippen molar-refractivity contribution < 1.29 is 17.9 Å². The van der Waals surface area contributed by atoms with Crippen LogP contribution in [0.3, 0.4) is 0 Å².